The van der Waals surface area contributed by atoms with Gasteiger partial charge < -0.3 is 14.2 Å². The zero-order chi connectivity index (χ0) is 13.2. The Morgan fingerprint density at radius 2 is 2.39 bits per heavy atom. The van der Waals surface area contributed by atoms with E-state index in [0.29, 0.717) is 11.6 Å². The fourth-order valence-electron chi connectivity index (χ4n) is 1.93. The maximum absolute atomic E-state index is 11.2. The van der Waals surface area contributed by atoms with Crippen LogP contribution in [0.25, 0.3) is 0 Å². The molecule has 0 spiro atoms. The van der Waals surface area contributed by atoms with E-state index in [1.165, 1.54) is 7.11 Å². The predicted molar refractivity (Wildman–Crippen MR) is 66.3 cm³/mol. The van der Waals surface area contributed by atoms with Crippen LogP contribution in [0.4, 0.5) is 0 Å². The van der Waals surface area contributed by atoms with Crippen molar-refractivity contribution in [2.45, 2.75) is 25.2 Å². The molecular formula is C13H15ClO4. The van der Waals surface area contributed by atoms with Crippen molar-refractivity contribution in [1.29, 1.82) is 0 Å². The van der Waals surface area contributed by atoms with Crippen LogP contribution in [0, 0.1) is 0 Å². The lowest BCUT2D eigenvalue weighted by atomic mass is 10.1. The lowest BCUT2D eigenvalue weighted by molar-refractivity contribution is -0.166. The summed E-state index contributed by atoms with van der Waals surface area (Å²) in [7, 11) is 1.36. The Morgan fingerprint density at radius 3 is 3.06 bits per heavy atom. The first-order valence-corrected chi connectivity index (χ1v) is 6.06. The van der Waals surface area contributed by atoms with Crippen LogP contribution < -0.4 is 0 Å². The second-order valence-electron chi connectivity index (χ2n) is 4.29. The van der Waals surface area contributed by atoms with Crippen LogP contribution in [-0.2, 0) is 24.8 Å². The standard InChI is InChI=1S/C13H15ClO4/c1-13(9-4-3-5-10(14)6-9)17-8-11(18-13)7-12(15)16-2/h3-6,11H,7-8H2,1-2H3. The van der Waals surface area contributed by atoms with Crippen molar-refractivity contribution in [1.82, 2.24) is 0 Å². The number of hydrogen-bond donors (Lipinski definition) is 0. The quantitative estimate of drug-likeness (QED) is 0.792. The van der Waals surface area contributed by atoms with Gasteiger partial charge in [-0.05, 0) is 19.1 Å². The van der Waals surface area contributed by atoms with Crippen molar-refractivity contribution < 1.29 is 19.0 Å². The minimum atomic E-state index is -0.858. The molecule has 2 rings (SSSR count). The van der Waals surface area contributed by atoms with Gasteiger partial charge in [0.15, 0.2) is 5.79 Å². The summed E-state index contributed by atoms with van der Waals surface area (Å²) in [5, 5.41) is 0.623. The first-order chi connectivity index (χ1) is 8.53. The zero-order valence-corrected chi connectivity index (χ0v) is 11.1. The Morgan fingerprint density at radius 1 is 1.61 bits per heavy atom. The summed E-state index contributed by atoms with van der Waals surface area (Å²) >= 11 is 5.94. The molecule has 2 atom stereocenters. The molecule has 5 heteroatoms. The summed E-state index contributed by atoms with van der Waals surface area (Å²) in [4.78, 5) is 11.2. The van der Waals surface area contributed by atoms with E-state index in [-0.39, 0.29) is 18.5 Å². The number of carbonyl (C=O) groups is 1. The van der Waals surface area contributed by atoms with Gasteiger partial charge in [0.25, 0.3) is 0 Å². The highest BCUT2D eigenvalue weighted by atomic mass is 35.5. The number of carbonyl (C=O) groups excluding carboxylic acids is 1. The molecular weight excluding hydrogens is 256 g/mol. The van der Waals surface area contributed by atoms with E-state index in [2.05, 4.69) is 4.74 Å². The van der Waals surface area contributed by atoms with Crippen molar-refractivity contribution in [3.8, 4) is 0 Å². The molecule has 1 aliphatic rings. The van der Waals surface area contributed by atoms with Crippen LogP contribution in [0.3, 0.4) is 0 Å². The second kappa shape index (κ2) is 5.26. The van der Waals surface area contributed by atoms with E-state index in [4.69, 9.17) is 21.1 Å². The number of methoxy groups -OCH3 is 1. The molecule has 1 aliphatic heterocycles. The third-order valence-corrected chi connectivity index (χ3v) is 3.14. The molecule has 0 saturated carbocycles. The van der Waals surface area contributed by atoms with Crippen LogP contribution in [-0.4, -0.2) is 25.8 Å². The van der Waals surface area contributed by atoms with Crippen LogP contribution in [0.15, 0.2) is 24.3 Å². The summed E-state index contributed by atoms with van der Waals surface area (Å²) in [6.45, 7) is 2.17. The summed E-state index contributed by atoms with van der Waals surface area (Å²) in [5.41, 5.74) is 0.836. The van der Waals surface area contributed by atoms with Gasteiger partial charge in [-0.15, -0.1) is 0 Å². The van der Waals surface area contributed by atoms with Crippen LogP contribution >= 0.6 is 11.6 Å². The van der Waals surface area contributed by atoms with Gasteiger partial charge in [-0.3, -0.25) is 4.79 Å². The second-order valence-corrected chi connectivity index (χ2v) is 4.72. The highest BCUT2D eigenvalue weighted by molar-refractivity contribution is 6.30. The van der Waals surface area contributed by atoms with Crippen molar-refractivity contribution >= 4 is 17.6 Å². The van der Waals surface area contributed by atoms with Gasteiger partial charge in [0.1, 0.15) is 0 Å². The number of ether oxygens (including phenoxy) is 3. The fourth-order valence-corrected chi connectivity index (χ4v) is 2.12. The smallest absolute Gasteiger partial charge is 0.308 e. The number of rotatable bonds is 3. The summed E-state index contributed by atoms with van der Waals surface area (Å²) in [6, 6.07) is 7.30. The van der Waals surface area contributed by atoms with E-state index in [1.807, 2.05) is 19.1 Å². The molecule has 1 heterocycles. The minimum Gasteiger partial charge on any atom is -0.469 e. The average Bonchev–Trinajstić information content (AvgIpc) is 2.72. The molecule has 4 nitrogen and oxygen atoms in total. The molecule has 1 saturated heterocycles. The van der Waals surface area contributed by atoms with Crippen molar-refractivity contribution in [2.24, 2.45) is 0 Å². The van der Waals surface area contributed by atoms with Crippen LogP contribution in [0.1, 0.15) is 18.9 Å². The van der Waals surface area contributed by atoms with E-state index in [9.17, 15) is 4.79 Å². The lowest BCUT2D eigenvalue weighted by Gasteiger charge is -2.23. The Balaban J connectivity index is 2.08. The van der Waals surface area contributed by atoms with Crippen molar-refractivity contribution in [2.75, 3.05) is 13.7 Å². The highest BCUT2D eigenvalue weighted by Crippen LogP contribution is 2.35. The molecule has 0 N–H and O–H groups in total. The summed E-state index contributed by atoms with van der Waals surface area (Å²) in [6.07, 6.45) is -0.103. The molecule has 1 fully saturated rings. The largest absolute Gasteiger partial charge is 0.469 e. The molecule has 0 aromatic heterocycles. The van der Waals surface area contributed by atoms with Gasteiger partial charge in [0.05, 0.1) is 26.2 Å². The Bertz CT molecular complexity index is 448. The molecule has 1 aromatic rings. The summed E-state index contributed by atoms with van der Waals surface area (Å²) in [5.74, 6) is -1.16. The third kappa shape index (κ3) is 2.83. The van der Waals surface area contributed by atoms with E-state index >= 15 is 0 Å². The average molecular weight is 271 g/mol. The van der Waals surface area contributed by atoms with E-state index in [1.54, 1.807) is 12.1 Å². The van der Waals surface area contributed by atoms with Crippen molar-refractivity contribution in [3.63, 3.8) is 0 Å². The molecule has 0 aliphatic carbocycles. The van der Waals surface area contributed by atoms with Gasteiger partial charge in [-0.25, -0.2) is 0 Å². The molecule has 98 valence electrons. The molecule has 0 amide bonds. The lowest BCUT2D eigenvalue weighted by Crippen LogP contribution is -2.25. The minimum absolute atomic E-state index is 0.187. The first kappa shape index (κ1) is 13.3. The van der Waals surface area contributed by atoms with E-state index in [0.717, 1.165) is 5.56 Å². The Labute approximate surface area is 111 Å². The topological polar surface area (TPSA) is 44.8 Å². The maximum atomic E-state index is 11.2. The molecule has 18 heavy (non-hydrogen) atoms. The van der Waals surface area contributed by atoms with Gasteiger partial charge >= 0.3 is 5.97 Å². The Hall–Kier alpha value is -1.10. The third-order valence-electron chi connectivity index (χ3n) is 2.91. The number of hydrogen-bond acceptors (Lipinski definition) is 4. The zero-order valence-electron chi connectivity index (χ0n) is 10.3. The Kier molecular flexibility index (Phi) is 3.90. The van der Waals surface area contributed by atoms with Gasteiger partial charge in [-0.1, -0.05) is 23.7 Å². The fraction of sp³-hybridized carbons (Fsp3) is 0.462. The van der Waals surface area contributed by atoms with Gasteiger partial charge in [0.2, 0.25) is 0 Å². The number of benzene rings is 1. The summed E-state index contributed by atoms with van der Waals surface area (Å²) < 4.78 is 16.0. The number of halogens is 1. The van der Waals surface area contributed by atoms with Crippen LogP contribution in [0.2, 0.25) is 5.02 Å². The highest BCUT2D eigenvalue weighted by Gasteiger charge is 2.39. The van der Waals surface area contributed by atoms with E-state index < -0.39 is 5.79 Å². The molecule has 0 bridgehead atoms. The SMILES string of the molecule is COC(=O)CC1COC(C)(c2cccc(Cl)c2)O1. The molecule has 2 unspecified atom stereocenters. The maximum Gasteiger partial charge on any atom is 0.308 e. The molecule has 1 aromatic carbocycles. The first-order valence-electron chi connectivity index (χ1n) is 5.68. The van der Waals surface area contributed by atoms with Crippen molar-refractivity contribution in [3.05, 3.63) is 34.9 Å². The van der Waals surface area contributed by atoms with Gasteiger partial charge in [0, 0.05) is 10.6 Å². The number of esters is 1. The normalized spacial score (nSPS) is 27.2. The predicted octanol–water partition coefficient (Wildman–Crippen LogP) is 2.49. The van der Waals surface area contributed by atoms with Gasteiger partial charge in [-0.2, -0.15) is 0 Å². The van der Waals surface area contributed by atoms with Crippen LogP contribution in [0.5, 0.6) is 0 Å². The molecule has 0 radical (unpaired) electrons. The monoisotopic (exact) mass is 270 g/mol.